The van der Waals surface area contributed by atoms with Crippen molar-refractivity contribution in [3.63, 3.8) is 0 Å². The number of carbonyl (C=O) groups excluding carboxylic acids is 4. The third-order valence-electron chi connectivity index (χ3n) is 29.9. The Morgan fingerprint density at radius 1 is 0.320 bits per heavy atom. The normalized spacial score (nSPS) is 42.2. The van der Waals surface area contributed by atoms with Crippen LogP contribution < -0.4 is 0 Å². The van der Waals surface area contributed by atoms with Crippen molar-refractivity contribution in [2.24, 2.45) is 34.5 Å². The smallest absolute Gasteiger partial charge is 0.308 e. The van der Waals surface area contributed by atoms with Gasteiger partial charge in [-0.15, -0.1) is 0 Å². The average molecular weight is 2180 g/mol. The number of rotatable bonds is 47. The SMILES string of the molecule is CC[C@H](C)[C@H](C[C@H](O)CC(=O)O[C@H]1C(C)O[C@@H](C(C)(C)C)C(O[C@@H]2OC(C)[C@H](O[C@@H]3OC[C@@H](O)C(O[C@@H]4OCC(O)(CO)[C@@H]4O)C3O)C(O)C2O)C1O)OC(=O)C[C@@H](O)C[C@H](O[C@@H]1O[C@@H](CO)C(O)C1O)[C@@H](C)CC.CC[C@H](C)[C@H](C[C@H](O)CC(=O)O[C@H]1C(C)O[C@@H](C(C)(C)C)C(O[C@@H]2OC(C)[C@H](O[C@@H]3OC[C@@H](O)C(O[C@@H]4OC[C@@H](O)C(O)C4O)C3O)C(O)C2O)C1O)OC(=O)C[C@@H](O)C[C@H](O[C@@H]1O[C@@H](CO)C(O)C1O)[C@@H](C)CC. The van der Waals surface area contributed by atoms with E-state index < -0.39 is 419 Å². The molecule has 0 aromatic heterocycles. The summed E-state index contributed by atoms with van der Waals surface area (Å²) < 4.78 is 127. The quantitative estimate of drug-likeness (QED) is 0.0199. The van der Waals surface area contributed by atoms with Crippen LogP contribution in [0.5, 0.6) is 0 Å². The highest BCUT2D eigenvalue weighted by atomic mass is 16.8. The molecule has 0 aromatic carbocycles. The van der Waals surface area contributed by atoms with Gasteiger partial charge in [0, 0.05) is 25.7 Å². The molecule has 10 heterocycles. The molecular formula is C98H172O52. The minimum Gasteiger partial charge on any atom is -0.462 e. The fraction of sp³-hybridized carbons (Fsp3) is 0.959. The molecule has 10 fully saturated rings. The fourth-order valence-electron chi connectivity index (χ4n) is 19.6. The Labute approximate surface area is 871 Å². The van der Waals surface area contributed by atoms with Crippen LogP contribution in [0.25, 0.3) is 0 Å². The number of aliphatic hydroxyl groups is 26. The second-order valence-corrected chi connectivity index (χ2v) is 44.0. The Morgan fingerprint density at radius 2 is 0.613 bits per heavy atom. The molecule has 0 aromatic rings. The summed E-state index contributed by atoms with van der Waals surface area (Å²) in [6.45, 7) is 27.7. The zero-order valence-electron chi connectivity index (χ0n) is 88.4. The van der Waals surface area contributed by atoms with Gasteiger partial charge in [-0.2, -0.15) is 0 Å². The molecule has 26 N–H and O–H groups in total. The van der Waals surface area contributed by atoms with Crippen molar-refractivity contribution in [1.82, 2.24) is 0 Å². The number of ether oxygens (including phenoxy) is 22. The van der Waals surface area contributed by atoms with E-state index in [4.69, 9.17) is 104 Å². The topological polar surface area (TPSA) is 797 Å². The highest BCUT2D eigenvalue weighted by Gasteiger charge is 2.61. The highest BCUT2D eigenvalue weighted by Crippen LogP contribution is 2.44. The van der Waals surface area contributed by atoms with E-state index in [1.807, 2.05) is 41.5 Å². The van der Waals surface area contributed by atoms with Crippen LogP contribution >= 0.6 is 0 Å². The van der Waals surface area contributed by atoms with Crippen LogP contribution in [0.3, 0.4) is 0 Å². The van der Waals surface area contributed by atoms with Crippen LogP contribution in [-0.4, -0.2) is 515 Å². The number of hydrogen-bond acceptors (Lipinski definition) is 52. The van der Waals surface area contributed by atoms with Gasteiger partial charge in [-0.3, -0.25) is 19.2 Å². The van der Waals surface area contributed by atoms with Gasteiger partial charge in [0.1, 0.15) is 177 Å². The molecule has 10 aliphatic rings. The van der Waals surface area contributed by atoms with Crippen molar-refractivity contribution in [1.29, 1.82) is 0 Å². The summed E-state index contributed by atoms with van der Waals surface area (Å²) in [6.07, 6.45) is -70.0. The van der Waals surface area contributed by atoms with E-state index in [1.54, 1.807) is 69.2 Å². The second-order valence-electron chi connectivity index (χ2n) is 44.0. The van der Waals surface area contributed by atoms with Crippen LogP contribution in [0.15, 0.2) is 0 Å². The van der Waals surface area contributed by atoms with Gasteiger partial charge >= 0.3 is 23.9 Å². The first-order valence-electron chi connectivity index (χ1n) is 52.1. The summed E-state index contributed by atoms with van der Waals surface area (Å²) >= 11 is 0. The first-order valence-corrected chi connectivity index (χ1v) is 52.1. The summed E-state index contributed by atoms with van der Waals surface area (Å²) in [6, 6.07) is 0. The number of aliphatic hydroxyl groups excluding tert-OH is 25. The molecule has 55 atom stereocenters. The lowest BCUT2D eigenvalue weighted by Gasteiger charge is -2.50. The number of hydrogen-bond donors (Lipinski definition) is 26. The Bertz CT molecular complexity index is 3780. The van der Waals surface area contributed by atoms with Crippen LogP contribution in [0, 0.1) is 34.5 Å². The molecule has 52 nitrogen and oxygen atoms in total. The minimum atomic E-state index is -2.05. The molecule has 876 valence electrons. The molecule has 0 aliphatic carbocycles. The van der Waals surface area contributed by atoms with Crippen molar-refractivity contribution < 1.29 is 256 Å². The number of esters is 4. The van der Waals surface area contributed by atoms with E-state index in [0.717, 1.165) is 0 Å². The fourth-order valence-corrected chi connectivity index (χ4v) is 19.6. The summed E-state index contributed by atoms with van der Waals surface area (Å²) in [4.78, 5) is 53.5. The zero-order chi connectivity index (χ0) is 112. The molecule has 150 heavy (non-hydrogen) atoms. The van der Waals surface area contributed by atoms with Gasteiger partial charge in [0.15, 0.2) is 62.5 Å². The van der Waals surface area contributed by atoms with Crippen LogP contribution in [-0.2, 0) is 123 Å². The summed E-state index contributed by atoms with van der Waals surface area (Å²) in [5.74, 6) is -4.45. The first kappa shape index (κ1) is 130. The lowest BCUT2D eigenvalue weighted by Crippen LogP contribution is -2.66. The van der Waals surface area contributed by atoms with Gasteiger partial charge < -0.3 is 237 Å². The van der Waals surface area contributed by atoms with Gasteiger partial charge in [-0.1, -0.05) is 123 Å². The Balaban J connectivity index is 0.000000333. The molecule has 10 aliphatic heterocycles. The minimum absolute atomic E-state index is 0.0677. The molecule has 52 heteroatoms. The summed E-state index contributed by atoms with van der Waals surface area (Å²) in [7, 11) is 0. The monoisotopic (exact) mass is 2180 g/mol. The molecule has 23 unspecified atom stereocenters. The van der Waals surface area contributed by atoms with E-state index in [1.165, 1.54) is 13.8 Å². The van der Waals surface area contributed by atoms with Gasteiger partial charge in [0.25, 0.3) is 0 Å². The molecular weight excluding hydrogens is 2010 g/mol. The summed E-state index contributed by atoms with van der Waals surface area (Å²) in [5.41, 5.74) is -3.55. The van der Waals surface area contributed by atoms with Crippen molar-refractivity contribution in [2.75, 3.05) is 46.2 Å². The zero-order valence-corrected chi connectivity index (χ0v) is 88.4. The largest absolute Gasteiger partial charge is 0.462 e. The number of carbonyl (C=O) groups is 4. The molecule has 0 bridgehead atoms. The summed E-state index contributed by atoms with van der Waals surface area (Å²) in [5, 5.41) is 278. The maximum absolute atomic E-state index is 13.5. The third kappa shape index (κ3) is 33.2. The highest BCUT2D eigenvalue weighted by molar-refractivity contribution is 5.72. The Kier molecular flexibility index (Phi) is 49.6. The molecule has 0 spiro atoms. The molecule has 0 saturated carbocycles. The first-order chi connectivity index (χ1) is 70.2. The van der Waals surface area contributed by atoms with E-state index in [0.29, 0.717) is 25.7 Å². The van der Waals surface area contributed by atoms with Gasteiger partial charge in [0.2, 0.25) is 0 Å². The molecule has 0 radical (unpaired) electrons. The average Bonchev–Trinajstić information content (AvgIpc) is 0.807. The standard InChI is InChI=1S/2C49H86O26/c1-10-20(3)27(69-30(55)14-25(53)13-28(21(4)11-2)70-46-34(59)32(57)29(16-50)71-46)12-24(52)15-31(56)72-39-22(5)67-43(48(7,8)9)41(36(39)61)75-45-35(60)33(58)38(23(6)68-45)73-44-37(62)40(26(54)17-65-44)74-47-42(63)49(64,18-51)19-66-47;1-10-19(3)27(69-30(55)14-24(52)13-28(20(4)11-2)70-48-36(61)33(58)29(16-50)71-48)12-23(51)15-31(56)72-41-21(5)67-44(49(7,8)9)43(38(41)63)75-47-37(62)34(59)40(22(6)68-47)73-46-39(64)42(26(54)18-66-46)74-45-35(60)32(57)25(53)17-65-45/h20-29,32-47,50-54,57-64H,10-19H2,1-9H3;19-29,32-48,50-54,57-64H,10-18H2,1-9H3/t20-,21-,22?,23?,24-,25-,26+,27-,28-,29-,32?,33?,34?,35?,36?,37?,38-,39-,40?,41?,42+,43+,44-,45-,46+,47-,49?;19-,20-,21?,22?,23-,24-,25+,26+,27-,28-,29-,32?,33?,34?,35?,36?,37?,38?,39?,40-,41-,42?,43?,44+,45-,46-,47-,48+/m00/s1. The Hall–Kier alpha value is -3.88. The van der Waals surface area contributed by atoms with E-state index in [2.05, 4.69) is 0 Å². The van der Waals surface area contributed by atoms with Gasteiger partial charge in [-0.05, 0) is 62.2 Å². The van der Waals surface area contributed by atoms with Crippen LogP contribution in [0.2, 0.25) is 0 Å². The molecule has 10 saturated heterocycles. The molecule has 0 amide bonds. The van der Waals surface area contributed by atoms with Crippen molar-refractivity contribution in [2.45, 2.75) is 514 Å². The predicted octanol–water partition coefficient (Wildman–Crippen LogP) is -7.31. The third-order valence-corrected chi connectivity index (χ3v) is 29.9. The van der Waals surface area contributed by atoms with E-state index in [-0.39, 0.29) is 49.4 Å². The lowest BCUT2D eigenvalue weighted by molar-refractivity contribution is -0.372. The van der Waals surface area contributed by atoms with Gasteiger partial charge in [0.05, 0.1) is 145 Å². The predicted molar refractivity (Wildman–Crippen MR) is 504 cm³/mol. The van der Waals surface area contributed by atoms with E-state index >= 15 is 0 Å². The lowest BCUT2D eigenvalue weighted by atomic mass is 9.80. The maximum Gasteiger partial charge on any atom is 0.308 e. The second kappa shape index (κ2) is 57.4. The van der Waals surface area contributed by atoms with E-state index in [9.17, 15) is 152 Å². The van der Waals surface area contributed by atoms with Crippen molar-refractivity contribution in [3.8, 4) is 0 Å². The maximum atomic E-state index is 13.5. The van der Waals surface area contributed by atoms with Crippen molar-refractivity contribution >= 4 is 23.9 Å². The van der Waals surface area contributed by atoms with Crippen LogP contribution in [0.4, 0.5) is 0 Å². The van der Waals surface area contributed by atoms with Crippen LogP contribution in [0.1, 0.15) is 202 Å². The van der Waals surface area contributed by atoms with Crippen molar-refractivity contribution in [3.05, 3.63) is 0 Å². The Morgan fingerprint density at radius 3 is 0.940 bits per heavy atom. The molecule has 10 rings (SSSR count). The van der Waals surface area contributed by atoms with Gasteiger partial charge in [-0.25, -0.2) is 0 Å².